The van der Waals surface area contributed by atoms with Gasteiger partial charge in [0.1, 0.15) is 5.60 Å². The standard InChI is InChI=1S/C24H38O2/c1-5-18-23(4,6-2)22(25)26-24(7-3,21-16-12-9-13-17-21)19-20-14-10-8-11-15-20/h8,10-11,14-15,21H,5-7,9,12-13,16-19H2,1-4H3. The number of carbonyl (C=O) groups excluding carboxylic acids is 1. The summed E-state index contributed by atoms with van der Waals surface area (Å²) in [6.45, 7) is 8.55. The van der Waals surface area contributed by atoms with Crippen LogP contribution in [-0.2, 0) is 16.0 Å². The Morgan fingerprint density at radius 3 is 2.23 bits per heavy atom. The van der Waals surface area contributed by atoms with E-state index in [1.807, 2.05) is 0 Å². The lowest BCUT2D eigenvalue weighted by Crippen LogP contribution is -2.48. The quantitative estimate of drug-likeness (QED) is 0.458. The average Bonchev–Trinajstić information content (AvgIpc) is 2.68. The van der Waals surface area contributed by atoms with Crippen molar-refractivity contribution in [3.8, 4) is 0 Å². The average molecular weight is 359 g/mol. The minimum atomic E-state index is -0.361. The van der Waals surface area contributed by atoms with E-state index in [0.29, 0.717) is 5.92 Å². The van der Waals surface area contributed by atoms with E-state index in [1.54, 1.807) is 0 Å². The van der Waals surface area contributed by atoms with Gasteiger partial charge in [0.05, 0.1) is 5.41 Å². The highest BCUT2D eigenvalue weighted by Gasteiger charge is 2.44. The van der Waals surface area contributed by atoms with Crippen molar-refractivity contribution in [1.29, 1.82) is 0 Å². The van der Waals surface area contributed by atoms with Crippen molar-refractivity contribution in [3.05, 3.63) is 35.9 Å². The molecule has 26 heavy (non-hydrogen) atoms. The zero-order chi connectivity index (χ0) is 19.0. The van der Waals surface area contributed by atoms with Crippen LogP contribution in [0.4, 0.5) is 0 Å². The summed E-state index contributed by atoms with van der Waals surface area (Å²) in [4.78, 5) is 13.3. The molecule has 0 aliphatic heterocycles. The second kappa shape index (κ2) is 9.58. The highest BCUT2D eigenvalue weighted by Crippen LogP contribution is 2.42. The van der Waals surface area contributed by atoms with Gasteiger partial charge in [0.15, 0.2) is 0 Å². The summed E-state index contributed by atoms with van der Waals surface area (Å²) < 4.78 is 6.50. The predicted molar refractivity (Wildman–Crippen MR) is 109 cm³/mol. The molecule has 0 aromatic heterocycles. The Morgan fingerprint density at radius 1 is 1.04 bits per heavy atom. The Bertz CT molecular complexity index is 547. The van der Waals surface area contributed by atoms with E-state index >= 15 is 0 Å². The topological polar surface area (TPSA) is 26.3 Å². The van der Waals surface area contributed by atoms with Crippen molar-refractivity contribution >= 4 is 5.97 Å². The van der Waals surface area contributed by atoms with Crippen molar-refractivity contribution < 1.29 is 9.53 Å². The van der Waals surface area contributed by atoms with E-state index in [4.69, 9.17) is 4.74 Å². The smallest absolute Gasteiger partial charge is 0.312 e. The SMILES string of the molecule is CCCC(C)(CC)C(=O)OC(CC)(Cc1ccccc1)C1CCCCC1. The molecule has 2 heteroatoms. The normalized spacial score (nSPS) is 20.2. The Morgan fingerprint density at radius 2 is 1.69 bits per heavy atom. The fourth-order valence-electron chi connectivity index (χ4n) is 4.60. The molecule has 1 aliphatic carbocycles. The molecule has 0 saturated heterocycles. The number of hydrogen-bond donors (Lipinski definition) is 0. The van der Waals surface area contributed by atoms with Gasteiger partial charge in [-0.15, -0.1) is 0 Å². The fraction of sp³-hybridized carbons (Fsp3) is 0.708. The lowest BCUT2D eigenvalue weighted by molar-refractivity contribution is -0.181. The largest absolute Gasteiger partial charge is 0.458 e. The van der Waals surface area contributed by atoms with Crippen molar-refractivity contribution in [3.63, 3.8) is 0 Å². The maximum Gasteiger partial charge on any atom is 0.312 e. The van der Waals surface area contributed by atoms with Gasteiger partial charge in [-0.3, -0.25) is 4.79 Å². The van der Waals surface area contributed by atoms with Gasteiger partial charge >= 0.3 is 5.97 Å². The molecule has 146 valence electrons. The second-order valence-corrected chi connectivity index (χ2v) is 8.47. The van der Waals surface area contributed by atoms with E-state index in [-0.39, 0.29) is 17.0 Å². The van der Waals surface area contributed by atoms with E-state index in [9.17, 15) is 4.79 Å². The number of benzene rings is 1. The first-order valence-electron chi connectivity index (χ1n) is 10.8. The van der Waals surface area contributed by atoms with E-state index in [1.165, 1.54) is 37.7 Å². The molecule has 0 bridgehead atoms. The van der Waals surface area contributed by atoms with Crippen molar-refractivity contribution in [1.82, 2.24) is 0 Å². The molecule has 1 aromatic rings. The van der Waals surface area contributed by atoms with Gasteiger partial charge < -0.3 is 4.74 Å². The first-order valence-corrected chi connectivity index (χ1v) is 10.8. The molecule has 0 N–H and O–H groups in total. The summed E-state index contributed by atoms with van der Waals surface area (Å²) in [5.41, 5.74) is 0.560. The van der Waals surface area contributed by atoms with Crippen LogP contribution in [0.5, 0.6) is 0 Å². The molecule has 0 spiro atoms. The molecule has 2 rings (SSSR count). The third kappa shape index (κ3) is 4.90. The minimum Gasteiger partial charge on any atom is -0.458 e. The first-order chi connectivity index (χ1) is 12.5. The summed E-state index contributed by atoms with van der Waals surface area (Å²) in [5.74, 6) is 0.498. The molecular weight excluding hydrogens is 320 g/mol. The summed E-state index contributed by atoms with van der Waals surface area (Å²) >= 11 is 0. The van der Waals surface area contributed by atoms with Crippen LogP contribution in [0, 0.1) is 11.3 Å². The zero-order valence-electron chi connectivity index (χ0n) is 17.4. The Balaban J connectivity index is 2.30. The first kappa shape index (κ1) is 21.0. The summed E-state index contributed by atoms with van der Waals surface area (Å²) in [7, 11) is 0. The molecule has 2 nitrogen and oxygen atoms in total. The van der Waals surface area contributed by atoms with Gasteiger partial charge in [-0.05, 0) is 50.5 Å². The lowest BCUT2D eigenvalue weighted by Gasteiger charge is -2.44. The van der Waals surface area contributed by atoms with Crippen molar-refractivity contribution in [2.24, 2.45) is 11.3 Å². The van der Waals surface area contributed by atoms with Crippen LogP contribution in [0.2, 0.25) is 0 Å². The van der Waals surface area contributed by atoms with Crippen LogP contribution in [-0.4, -0.2) is 11.6 Å². The maximum atomic E-state index is 13.3. The van der Waals surface area contributed by atoms with E-state index in [0.717, 1.165) is 32.1 Å². The summed E-state index contributed by atoms with van der Waals surface area (Å²) in [5, 5.41) is 0. The van der Waals surface area contributed by atoms with Crippen LogP contribution in [0.3, 0.4) is 0 Å². The maximum absolute atomic E-state index is 13.3. The highest BCUT2D eigenvalue weighted by atomic mass is 16.6. The third-order valence-corrected chi connectivity index (χ3v) is 6.66. The number of rotatable bonds is 9. The van der Waals surface area contributed by atoms with Crippen molar-refractivity contribution in [2.75, 3.05) is 0 Å². The van der Waals surface area contributed by atoms with Gasteiger partial charge in [-0.1, -0.05) is 76.8 Å². The van der Waals surface area contributed by atoms with Crippen molar-refractivity contribution in [2.45, 2.75) is 97.5 Å². The summed E-state index contributed by atoms with van der Waals surface area (Å²) in [6, 6.07) is 10.6. The summed E-state index contributed by atoms with van der Waals surface area (Å²) in [6.07, 6.45) is 10.7. The molecule has 2 atom stereocenters. The minimum absolute atomic E-state index is 0.0187. The number of hydrogen-bond acceptors (Lipinski definition) is 2. The lowest BCUT2D eigenvalue weighted by atomic mass is 9.72. The van der Waals surface area contributed by atoms with Gasteiger partial charge in [0.25, 0.3) is 0 Å². The molecule has 0 heterocycles. The Kier molecular flexibility index (Phi) is 7.73. The van der Waals surface area contributed by atoms with Crippen LogP contribution < -0.4 is 0 Å². The monoisotopic (exact) mass is 358 g/mol. The third-order valence-electron chi connectivity index (χ3n) is 6.66. The molecule has 1 fully saturated rings. The van der Waals surface area contributed by atoms with E-state index < -0.39 is 0 Å². The molecule has 1 aromatic carbocycles. The van der Waals surface area contributed by atoms with Crippen LogP contribution >= 0.6 is 0 Å². The Labute approximate surface area is 160 Å². The zero-order valence-corrected chi connectivity index (χ0v) is 17.4. The number of ether oxygens (including phenoxy) is 1. The number of esters is 1. The van der Waals surface area contributed by atoms with Gasteiger partial charge in [0.2, 0.25) is 0 Å². The van der Waals surface area contributed by atoms with Gasteiger partial charge in [-0.2, -0.15) is 0 Å². The van der Waals surface area contributed by atoms with Gasteiger partial charge in [-0.25, -0.2) is 0 Å². The molecule has 0 radical (unpaired) electrons. The second-order valence-electron chi connectivity index (χ2n) is 8.47. The molecule has 2 unspecified atom stereocenters. The molecular formula is C24H38O2. The Hall–Kier alpha value is -1.31. The highest BCUT2D eigenvalue weighted by molar-refractivity contribution is 5.76. The molecule has 1 aliphatic rings. The molecule has 1 saturated carbocycles. The fourth-order valence-corrected chi connectivity index (χ4v) is 4.60. The van der Waals surface area contributed by atoms with Crippen LogP contribution in [0.25, 0.3) is 0 Å². The van der Waals surface area contributed by atoms with Crippen LogP contribution in [0.1, 0.15) is 91.0 Å². The molecule has 0 amide bonds. The van der Waals surface area contributed by atoms with E-state index in [2.05, 4.69) is 58.0 Å². The van der Waals surface area contributed by atoms with Gasteiger partial charge in [0, 0.05) is 6.42 Å². The van der Waals surface area contributed by atoms with Crippen LogP contribution in [0.15, 0.2) is 30.3 Å². The predicted octanol–water partition coefficient (Wildman–Crippen LogP) is 6.72. The number of carbonyl (C=O) groups is 1.